The minimum absolute atomic E-state index is 0.0832. The monoisotopic (exact) mass is 331 g/mol. The molecule has 2 aliphatic rings. The van der Waals surface area contributed by atoms with Crippen LogP contribution in [-0.4, -0.2) is 43.0 Å². The van der Waals surface area contributed by atoms with Crippen LogP contribution in [0, 0.1) is 0 Å². The van der Waals surface area contributed by atoms with Crippen LogP contribution in [-0.2, 0) is 16.1 Å². The number of carbonyl (C=O) groups is 1. The average Bonchev–Trinajstić information content (AvgIpc) is 3.15. The van der Waals surface area contributed by atoms with Gasteiger partial charge in [-0.15, -0.1) is 0 Å². The molecule has 0 saturated carbocycles. The molecular formula is C15H16F3NO4. The lowest BCUT2D eigenvalue weighted by molar-refractivity contribution is -0.168. The highest BCUT2D eigenvalue weighted by Crippen LogP contribution is 2.33. The van der Waals surface area contributed by atoms with Crippen molar-refractivity contribution in [2.75, 3.05) is 19.9 Å². The molecule has 1 atom stereocenters. The molecule has 5 nitrogen and oxygen atoms in total. The van der Waals surface area contributed by atoms with Crippen molar-refractivity contribution >= 4 is 5.91 Å². The van der Waals surface area contributed by atoms with E-state index in [4.69, 9.17) is 14.2 Å². The van der Waals surface area contributed by atoms with Crippen LogP contribution >= 0.6 is 0 Å². The van der Waals surface area contributed by atoms with Gasteiger partial charge in [0.15, 0.2) is 11.5 Å². The summed E-state index contributed by atoms with van der Waals surface area (Å²) in [5, 5.41) is 0. The van der Waals surface area contributed by atoms with Gasteiger partial charge in [-0.3, -0.25) is 4.79 Å². The first-order valence-corrected chi connectivity index (χ1v) is 7.28. The second-order valence-corrected chi connectivity index (χ2v) is 5.50. The fraction of sp³-hybridized carbons (Fsp3) is 0.533. The summed E-state index contributed by atoms with van der Waals surface area (Å²) in [4.78, 5) is 13.1. The molecule has 3 rings (SSSR count). The lowest BCUT2D eigenvalue weighted by Crippen LogP contribution is -2.43. The summed E-state index contributed by atoms with van der Waals surface area (Å²) < 4.78 is 54.0. The molecule has 126 valence electrons. The summed E-state index contributed by atoms with van der Waals surface area (Å²) in [7, 11) is 0. The molecule has 1 unspecified atom stereocenters. The number of benzene rings is 1. The molecule has 8 heteroatoms. The number of hydrogen-bond donors (Lipinski definition) is 0. The van der Waals surface area contributed by atoms with Gasteiger partial charge in [-0.1, -0.05) is 6.07 Å². The SMILES string of the molecule is O=C(C1CCCO1)N(Cc1ccc2c(c1)OCO2)CC(F)(F)F. The average molecular weight is 331 g/mol. The van der Waals surface area contributed by atoms with Gasteiger partial charge in [0.1, 0.15) is 12.6 Å². The Balaban J connectivity index is 1.76. The van der Waals surface area contributed by atoms with Crippen LogP contribution in [0.1, 0.15) is 18.4 Å². The quantitative estimate of drug-likeness (QED) is 0.850. The molecule has 0 radical (unpaired) electrons. The molecule has 0 spiro atoms. The topological polar surface area (TPSA) is 48.0 Å². The first-order chi connectivity index (χ1) is 10.9. The van der Waals surface area contributed by atoms with Crippen LogP contribution in [0.25, 0.3) is 0 Å². The Morgan fingerprint density at radius 1 is 1.26 bits per heavy atom. The Hall–Kier alpha value is -1.96. The number of hydrogen-bond acceptors (Lipinski definition) is 4. The predicted octanol–water partition coefficient (Wildman–Crippen LogP) is 2.49. The van der Waals surface area contributed by atoms with Gasteiger partial charge < -0.3 is 19.1 Å². The summed E-state index contributed by atoms with van der Waals surface area (Å²) in [6, 6.07) is 4.84. The zero-order valence-corrected chi connectivity index (χ0v) is 12.3. The van der Waals surface area contributed by atoms with Crippen LogP contribution in [0.5, 0.6) is 11.5 Å². The molecule has 1 fully saturated rings. The van der Waals surface area contributed by atoms with Crippen LogP contribution in [0.15, 0.2) is 18.2 Å². The van der Waals surface area contributed by atoms with E-state index in [9.17, 15) is 18.0 Å². The third kappa shape index (κ3) is 3.87. The Morgan fingerprint density at radius 2 is 2.04 bits per heavy atom. The van der Waals surface area contributed by atoms with Crippen LogP contribution in [0.3, 0.4) is 0 Å². The fourth-order valence-corrected chi connectivity index (χ4v) is 2.66. The van der Waals surface area contributed by atoms with Crippen molar-refractivity contribution in [3.63, 3.8) is 0 Å². The molecule has 1 aromatic carbocycles. The maximum absolute atomic E-state index is 12.8. The zero-order valence-electron chi connectivity index (χ0n) is 12.3. The standard InChI is InChI=1S/C15H16F3NO4/c16-15(17,18)8-19(14(20)12-2-1-5-21-12)7-10-3-4-11-13(6-10)23-9-22-11/h3-4,6,12H,1-2,5,7-9H2. The van der Waals surface area contributed by atoms with Crippen molar-refractivity contribution in [3.8, 4) is 11.5 Å². The highest BCUT2D eigenvalue weighted by molar-refractivity contribution is 5.81. The van der Waals surface area contributed by atoms with Gasteiger partial charge in [-0.2, -0.15) is 13.2 Å². The van der Waals surface area contributed by atoms with Crippen molar-refractivity contribution in [1.29, 1.82) is 0 Å². The number of amides is 1. The Labute approximate surface area is 130 Å². The molecule has 0 N–H and O–H groups in total. The third-order valence-electron chi connectivity index (χ3n) is 3.70. The zero-order chi connectivity index (χ0) is 16.4. The molecule has 0 bridgehead atoms. The Bertz CT molecular complexity index is 585. The first-order valence-electron chi connectivity index (χ1n) is 7.28. The fourth-order valence-electron chi connectivity index (χ4n) is 2.66. The molecule has 2 aliphatic heterocycles. The third-order valence-corrected chi connectivity index (χ3v) is 3.70. The maximum atomic E-state index is 12.8. The molecule has 1 saturated heterocycles. The number of rotatable bonds is 4. The van der Waals surface area contributed by atoms with E-state index in [1.165, 1.54) is 0 Å². The van der Waals surface area contributed by atoms with E-state index < -0.39 is 24.7 Å². The van der Waals surface area contributed by atoms with Crippen LogP contribution < -0.4 is 9.47 Å². The highest BCUT2D eigenvalue weighted by atomic mass is 19.4. The summed E-state index contributed by atoms with van der Waals surface area (Å²) in [6.45, 7) is -0.977. The van der Waals surface area contributed by atoms with E-state index >= 15 is 0 Å². The predicted molar refractivity (Wildman–Crippen MR) is 73.0 cm³/mol. The molecule has 0 aliphatic carbocycles. The van der Waals surface area contributed by atoms with Gasteiger partial charge in [-0.25, -0.2) is 0 Å². The second kappa shape index (κ2) is 6.27. The summed E-state index contributed by atoms with van der Waals surface area (Å²) in [5.74, 6) is 0.387. The lowest BCUT2D eigenvalue weighted by Gasteiger charge is -2.26. The first kappa shape index (κ1) is 15.9. The van der Waals surface area contributed by atoms with Crippen molar-refractivity contribution in [1.82, 2.24) is 4.90 Å². The Kier molecular flexibility index (Phi) is 4.34. The molecule has 0 aromatic heterocycles. The van der Waals surface area contributed by atoms with Crippen LogP contribution in [0.4, 0.5) is 13.2 Å². The number of carbonyl (C=O) groups excluding carboxylic acids is 1. The van der Waals surface area contributed by atoms with Crippen molar-refractivity contribution in [2.24, 2.45) is 0 Å². The Morgan fingerprint density at radius 3 is 2.74 bits per heavy atom. The second-order valence-electron chi connectivity index (χ2n) is 5.50. The van der Waals surface area contributed by atoms with Gasteiger partial charge in [0.05, 0.1) is 0 Å². The van der Waals surface area contributed by atoms with E-state index in [0.29, 0.717) is 36.5 Å². The van der Waals surface area contributed by atoms with E-state index in [-0.39, 0.29) is 13.3 Å². The highest BCUT2D eigenvalue weighted by Gasteiger charge is 2.36. The molecule has 23 heavy (non-hydrogen) atoms. The number of alkyl halides is 3. The summed E-state index contributed by atoms with van der Waals surface area (Å²) in [6.07, 6.45) is -4.12. The van der Waals surface area contributed by atoms with E-state index in [1.807, 2.05) is 0 Å². The molecule has 1 amide bonds. The molecule has 1 aromatic rings. The van der Waals surface area contributed by atoms with Gasteiger partial charge >= 0.3 is 6.18 Å². The van der Waals surface area contributed by atoms with Gasteiger partial charge in [0.2, 0.25) is 6.79 Å². The van der Waals surface area contributed by atoms with Gasteiger partial charge in [-0.05, 0) is 30.5 Å². The minimum atomic E-state index is -4.47. The van der Waals surface area contributed by atoms with Gasteiger partial charge in [0, 0.05) is 13.2 Å². The smallest absolute Gasteiger partial charge is 0.406 e. The molecule has 2 heterocycles. The number of halogens is 3. The van der Waals surface area contributed by atoms with Gasteiger partial charge in [0.25, 0.3) is 5.91 Å². The largest absolute Gasteiger partial charge is 0.454 e. The van der Waals surface area contributed by atoms with E-state index in [1.54, 1.807) is 18.2 Å². The van der Waals surface area contributed by atoms with Crippen molar-refractivity contribution in [3.05, 3.63) is 23.8 Å². The number of fused-ring (bicyclic) bond motifs is 1. The van der Waals surface area contributed by atoms with E-state index in [2.05, 4.69) is 0 Å². The van der Waals surface area contributed by atoms with E-state index in [0.717, 1.165) is 4.90 Å². The number of ether oxygens (including phenoxy) is 3. The van der Waals surface area contributed by atoms with Crippen molar-refractivity contribution < 1.29 is 32.2 Å². The summed E-state index contributed by atoms with van der Waals surface area (Å²) >= 11 is 0. The number of nitrogens with zero attached hydrogens (tertiary/aromatic N) is 1. The van der Waals surface area contributed by atoms with Crippen LogP contribution in [0.2, 0.25) is 0 Å². The maximum Gasteiger partial charge on any atom is 0.406 e. The molecular weight excluding hydrogens is 315 g/mol. The minimum Gasteiger partial charge on any atom is -0.454 e. The lowest BCUT2D eigenvalue weighted by atomic mass is 10.1. The normalized spacial score (nSPS) is 19.9. The summed E-state index contributed by atoms with van der Waals surface area (Å²) in [5.41, 5.74) is 0.546. The van der Waals surface area contributed by atoms with Crippen molar-refractivity contribution in [2.45, 2.75) is 31.7 Å².